The number of hydrogen-bond acceptors (Lipinski definition) is 5. The molecule has 0 aromatic heterocycles. The predicted molar refractivity (Wildman–Crippen MR) is 111 cm³/mol. The van der Waals surface area contributed by atoms with Crippen LogP contribution in [-0.2, 0) is 16.5 Å². The number of nitro benzene ring substituents is 1. The van der Waals surface area contributed by atoms with E-state index in [0.717, 1.165) is 11.0 Å². The molecule has 1 aliphatic rings. The molecule has 1 aliphatic heterocycles. The summed E-state index contributed by atoms with van der Waals surface area (Å²) in [6, 6.07) is 4.09. The zero-order valence-corrected chi connectivity index (χ0v) is 17.9. The van der Waals surface area contributed by atoms with Gasteiger partial charge in [-0.15, -0.1) is 4.99 Å². The van der Waals surface area contributed by atoms with E-state index in [2.05, 4.69) is 10.3 Å². The molecule has 3 rings (SSSR count). The van der Waals surface area contributed by atoms with Crippen LogP contribution < -0.4 is 10.6 Å². The first-order valence-electron chi connectivity index (χ1n) is 9.62. The smallest absolute Gasteiger partial charge is 0.434 e. The van der Waals surface area contributed by atoms with Gasteiger partial charge in [-0.1, -0.05) is 12.1 Å². The molecule has 0 saturated carbocycles. The van der Waals surface area contributed by atoms with Crippen LogP contribution in [0.5, 0.6) is 0 Å². The van der Waals surface area contributed by atoms with Gasteiger partial charge in [-0.05, 0) is 19.1 Å². The van der Waals surface area contributed by atoms with Crippen LogP contribution in [0.15, 0.2) is 35.3 Å². The highest BCUT2D eigenvalue weighted by atomic mass is 19.4. The van der Waals surface area contributed by atoms with Crippen LogP contribution in [0.3, 0.4) is 0 Å². The van der Waals surface area contributed by atoms with Crippen LogP contribution in [0.1, 0.15) is 24.5 Å². The summed E-state index contributed by atoms with van der Waals surface area (Å²) < 4.78 is 70.1. The fraction of sp³-hybridized carbons (Fsp3) is 0.250. The van der Waals surface area contributed by atoms with Crippen LogP contribution in [-0.4, -0.2) is 39.9 Å². The number of carbonyl (C=O) groups is 2. The van der Waals surface area contributed by atoms with Gasteiger partial charge in [0.15, 0.2) is 5.82 Å². The zero-order valence-electron chi connectivity index (χ0n) is 17.9. The molecule has 3 N–H and O–H groups in total. The lowest BCUT2D eigenvalue weighted by atomic mass is 9.86. The molecule has 1 fully saturated rings. The number of amides is 2. The number of anilines is 2. The van der Waals surface area contributed by atoms with Crippen molar-refractivity contribution >= 4 is 35.0 Å². The Bertz CT molecular complexity index is 1270. The third-order valence-electron chi connectivity index (χ3n) is 5.25. The third kappa shape index (κ3) is 4.83. The number of hydrogen-bond donors (Lipinski definition) is 3. The molecular formula is C20H16F5N5O5. The van der Waals surface area contributed by atoms with Crippen LogP contribution >= 0.6 is 0 Å². The fourth-order valence-corrected chi connectivity index (χ4v) is 3.58. The maximum atomic E-state index is 15.5. The van der Waals surface area contributed by atoms with Crippen LogP contribution in [0.4, 0.5) is 43.8 Å². The Morgan fingerprint density at radius 2 is 1.94 bits per heavy atom. The molecule has 15 heteroatoms. The number of guanidine groups is 1. The number of alkyl halides is 3. The highest BCUT2D eigenvalue weighted by molar-refractivity contribution is 6.03. The summed E-state index contributed by atoms with van der Waals surface area (Å²) in [4.78, 5) is 37.6. The summed E-state index contributed by atoms with van der Waals surface area (Å²) in [7, 11) is 1.23. The molecular weight excluding hydrogens is 485 g/mol. The molecule has 1 heterocycles. The van der Waals surface area contributed by atoms with E-state index in [1.54, 1.807) is 0 Å². The number of halogens is 5. The lowest BCUT2D eigenvalue weighted by Crippen LogP contribution is -2.59. The van der Waals surface area contributed by atoms with Crippen molar-refractivity contribution in [3.05, 3.63) is 63.2 Å². The first-order valence-corrected chi connectivity index (χ1v) is 9.62. The van der Waals surface area contributed by atoms with Gasteiger partial charge in [-0.3, -0.25) is 19.8 Å². The Hall–Kier alpha value is -4.30. The molecule has 0 bridgehead atoms. The molecule has 2 aromatic rings. The van der Waals surface area contributed by atoms with E-state index in [4.69, 9.17) is 5.11 Å². The largest absolute Gasteiger partial charge is 0.463 e. The normalized spacial score (nSPS) is 19.5. The van der Waals surface area contributed by atoms with Gasteiger partial charge in [0.05, 0.1) is 22.6 Å². The minimum Gasteiger partial charge on any atom is -0.463 e. The summed E-state index contributed by atoms with van der Waals surface area (Å²) in [5.41, 5.74) is -7.06. The van der Waals surface area contributed by atoms with Gasteiger partial charge in [0.1, 0.15) is 17.1 Å². The summed E-state index contributed by atoms with van der Waals surface area (Å²) in [5, 5.41) is 24.8. The lowest BCUT2D eigenvalue weighted by molar-refractivity contribution is -0.384. The van der Waals surface area contributed by atoms with Gasteiger partial charge in [-0.25, -0.2) is 13.6 Å². The summed E-state index contributed by atoms with van der Waals surface area (Å²) in [5.74, 6) is -4.11. The van der Waals surface area contributed by atoms with Gasteiger partial charge < -0.3 is 15.7 Å². The van der Waals surface area contributed by atoms with E-state index in [1.165, 1.54) is 26.1 Å². The number of carboxylic acid groups (broad SMARTS) is 1. The molecule has 0 unspecified atom stereocenters. The molecule has 0 spiro atoms. The van der Waals surface area contributed by atoms with Crippen molar-refractivity contribution < 1.29 is 41.6 Å². The van der Waals surface area contributed by atoms with Gasteiger partial charge in [0.2, 0.25) is 11.9 Å². The minimum atomic E-state index is -5.36. The number of aliphatic imine (C=N–C) groups is 1. The zero-order chi connectivity index (χ0) is 26.3. The van der Waals surface area contributed by atoms with E-state index >= 15 is 4.39 Å². The van der Waals surface area contributed by atoms with Crippen molar-refractivity contribution in [2.45, 2.75) is 25.1 Å². The topological polar surface area (TPSA) is 137 Å². The number of carbonyl (C=O) groups excluding carboxylic acids is 1. The number of rotatable bonds is 4. The third-order valence-corrected chi connectivity index (χ3v) is 5.25. The first-order chi connectivity index (χ1) is 16.2. The molecule has 35 heavy (non-hydrogen) atoms. The standard InChI is InChI=1S/C20H16F5N5O5/c1-19(8-13(31)29(2)17(28-19)27-18(32)33)9-4-3-5-11(15(9)22)26-16-12(30(34)35)7-6-10(21)14(16)20(23,24)25/h3-7,26H,8H2,1-2H3,(H,27,28)(H,32,33)/t19-/m0/s1. The molecule has 186 valence electrons. The highest BCUT2D eigenvalue weighted by Gasteiger charge is 2.43. The first kappa shape index (κ1) is 25.3. The van der Waals surface area contributed by atoms with E-state index in [1.807, 2.05) is 5.32 Å². The van der Waals surface area contributed by atoms with Gasteiger partial charge >= 0.3 is 12.3 Å². The van der Waals surface area contributed by atoms with Gasteiger partial charge in [0, 0.05) is 18.7 Å². The number of nitro groups is 1. The van der Waals surface area contributed by atoms with Gasteiger partial charge in [-0.2, -0.15) is 13.2 Å². The monoisotopic (exact) mass is 501 g/mol. The highest BCUT2D eigenvalue weighted by Crippen LogP contribution is 2.43. The summed E-state index contributed by atoms with van der Waals surface area (Å²) in [6.07, 6.45) is -7.41. The number of nitrogens with one attached hydrogen (secondary N) is 2. The predicted octanol–water partition coefficient (Wildman–Crippen LogP) is 4.34. The van der Waals surface area contributed by atoms with Crippen molar-refractivity contribution in [3.63, 3.8) is 0 Å². The van der Waals surface area contributed by atoms with Crippen LogP contribution in [0.25, 0.3) is 0 Å². The molecule has 1 saturated heterocycles. The minimum absolute atomic E-state index is 0.275. The fourth-order valence-electron chi connectivity index (χ4n) is 3.58. The van der Waals surface area contributed by atoms with Gasteiger partial charge in [0.25, 0.3) is 5.69 Å². The average Bonchev–Trinajstić information content (AvgIpc) is 2.71. The summed E-state index contributed by atoms with van der Waals surface area (Å²) >= 11 is 0. The van der Waals surface area contributed by atoms with E-state index < -0.39 is 75.3 Å². The van der Waals surface area contributed by atoms with Crippen molar-refractivity contribution in [2.24, 2.45) is 4.99 Å². The second kappa shape index (κ2) is 8.81. The Kier molecular flexibility index (Phi) is 6.37. The van der Waals surface area contributed by atoms with Crippen molar-refractivity contribution in [2.75, 3.05) is 12.4 Å². The molecule has 10 nitrogen and oxygen atoms in total. The SMILES string of the molecule is CN1C(=O)C[C@@](C)(c2cccc(Nc3c([N+](=O)[O-])ccc(F)c3C(F)(F)F)c2F)N/C1=N\C(=O)O. The Labute approximate surface area is 193 Å². The Morgan fingerprint density at radius 1 is 1.29 bits per heavy atom. The van der Waals surface area contributed by atoms with E-state index in [0.29, 0.717) is 6.07 Å². The summed E-state index contributed by atoms with van der Waals surface area (Å²) in [6.45, 7) is 1.32. The second-order valence-corrected chi connectivity index (χ2v) is 7.67. The van der Waals surface area contributed by atoms with Crippen molar-refractivity contribution in [1.29, 1.82) is 0 Å². The molecule has 0 aliphatic carbocycles. The molecule has 0 radical (unpaired) electrons. The van der Waals surface area contributed by atoms with Crippen molar-refractivity contribution in [3.8, 4) is 0 Å². The number of nitrogens with zero attached hydrogens (tertiary/aromatic N) is 3. The average molecular weight is 501 g/mol. The maximum Gasteiger partial charge on any atom is 0.434 e. The maximum absolute atomic E-state index is 15.5. The van der Waals surface area contributed by atoms with E-state index in [-0.39, 0.29) is 11.6 Å². The van der Waals surface area contributed by atoms with Crippen LogP contribution in [0.2, 0.25) is 0 Å². The van der Waals surface area contributed by atoms with Crippen LogP contribution in [0, 0.1) is 21.7 Å². The quantitative estimate of drug-likeness (QED) is 0.322. The second-order valence-electron chi connectivity index (χ2n) is 7.67. The van der Waals surface area contributed by atoms with E-state index in [9.17, 15) is 37.3 Å². The molecule has 2 aromatic carbocycles. The van der Waals surface area contributed by atoms with Crippen molar-refractivity contribution in [1.82, 2.24) is 10.2 Å². The molecule has 1 atom stereocenters. The molecule has 2 amide bonds. The Morgan fingerprint density at radius 3 is 2.51 bits per heavy atom. The Balaban J connectivity index is 2.14. The number of benzene rings is 2. The lowest BCUT2D eigenvalue weighted by Gasteiger charge is -2.40.